The largest absolute Gasteiger partial charge is 0.376 e. The van der Waals surface area contributed by atoms with E-state index in [0.29, 0.717) is 5.92 Å². The van der Waals surface area contributed by atoms with E-state index in [-0.39, 0.29) is 18.6 Å². The highest BCUT2D eigenvalue weighted by atomic mass is 16.5. The lowest BCUT2D eigenvalue weighted by atomic mass is 10.0. The van der Waals surface area contributed by atoms with Crippen LogP contribution in [0.25, 0.3) is 0 Å². The van der Waals surface area contributed by atoms with Gasteiger partial charge in [0.15, 0.2) is 0 Å². The predicted octanol–water partition coefficient (Wildman–Crippen LogP) is -0.120. The minimum atomic E-state index is 0.0858. The van der Waals surface area contributed by atoms with E-state index in [2.05, 4.69) is 0 Å². The molecule has 13 heavy (non-hydrogen) atoms. The Hall–Kier alpha value is -0.610. The number of nitrogens with zero attached hydrogens (tertiary/aromatic N) is 1. The molecule has 0 aromatic rings. The Kier molecular flexibility index (Phi) is 2.51. The van der Waals surface area contributed by atoms with Crippen LogP contribution in [0.4, 0.5) is 0 Å². The maximum absolute atomic E-state index is 11.5. The quantitative estimate of drug-likeness (QED) is 0.602. The fourth-order valence-corrected chi connectivity index (χ4v) is 2.08. The number of carbonyl (C=O) groups excluding carboxylic acids is 1. The lowest BCUT2D eigenvalue weighted by molar-refractivity contribution is -0.137. The zero-order valence-electron chi connectivity index (χ0n) is 7.86. The molecule has 2 rings (SSSR count). The third-order valence-corrected chi connectivity index (χ3v) is 2.69. The van der Waals surface area contributed by atoms with Crippen molar-refractivity contribution >= 4 is 5.91 Å². The number of carbonyl (C=O) groups is 1. The molecule has 2 fully saturated rings. The number of hydrogen-bond acceptors (Lipinski definition) is 3. The molecule has 2 bridgehead atoms. The van der Waals surface area contributed by atoms with Crippen LogP contribution in [0, 0.1) is 5.92 Å². The monoisotopic (exact) mass is 185 g/mol. The third kappa shape index (κ3) is 1.84. The van der Waals surface area contributed by atoms with Crippen LogP contribution in [-0.4, -0.2) is 50.3 Å². The summed E-state index contributed by atoms with van der Waals surface area (Å²) in [7, 11) is 1.55. The minimum absolute atomic E-state index is 0.0858. The topological polar surface area (TPSA) is 38.8 Å². The van der Waals surface area contributed by atoms with Gasteiger partial charge in [0.25, 0.3) is 0 Å². The average molecular weight is 185 g/mol. The van der Waals surface area contributed by atoms with E-state index in [1.807, 2.05) is 4.90 Å². The van der Waals surface area contributed by atoms with Crippen LogP contribution < -0.4 is 0 Å². The smallest absolute Gasteiger partial charge is 0.248 e. The molecule has 2 atom stereocenters. The van der Waals surface area contributed by atoms with Gasteiger partial charge in [0.05, 0.1) is 12.7 Å². The van der Waals surface area contributed by atoms with Crippen molar-refractivity contribution in [3.05, 3.63) is 0 Å². The van der Waals surface area contributed by atoms with Crippen LogP contribution in [0.2, 0.25) is 0 Å². The van der Waals surface area contributed by atoms with Gasteiger partial charge in [-0.15, -0.1) is 0 Å². The maximum Gasteiger partial charge on any atom is 0.248 e. The maximum atomic E-state index is 11.5. The molecule has 2 aliphatic heterocycles. The summed E-state index contributed by atoms with van der Waals surface area (Å²) < 4.78 is 10.3. The number of fused-ring (bicyclic) bond motifs is 2. The van der Waals surface area contributed by atoms with Crippen LogP contribution in [0.15, 0.2) is 0 Å². The molecule has 4 nitrogen and oxygen atoms in total. The first-order valence-electron chi connectivity index (χ1n) is 4.68. The van der Waals surface area contributed by atoms with Gasteiger partial charge >= 0.3 is 0 Å². The Morgan fingerprint density at radius 2 is 2.46 bits per heavy atom. The van der Waals surface area contributed by atoms with E-state index in [1.165, 1.54) is 0 Å². The summed E-state index contributed by atoms with van der Waals surface area (Å²) in [5, 5.41) is 0. The molecule has 0 saturated carbocycles. The number of piperidine rings is 1. The Morgan fingerprint density at radius 1 is 1.62 bits per heavy atom. The first-order valence-corrected chi connectivity index (χ1v) is 4.68. The van der Waals surface area contributed by atoms with Gasteiger partial charge in [0, 0.05) is 26.1 Å². The second-order valence-electron chi connectivity index (χ2n) is 3.79. The molecule has 1 amide bonds. The van der Waals surface area contributed by atoms with E-state index in [4.69, 9.17) is 9.47 Å². The molecule has 0 N–H and O–H groups in total. The van der Waals surface area contributed by atoms with Crippen LogP contribution in [0.1, 0.15) is 6.42 Å². The lowest BCUT2D eigenvalue weighted by Crippen LogP contribution is -2.44. The second kappa shape index (κ2) is 3.64. The van der Waals surface area contributed by atoms with Crippen molar-refractivity contribution in [3.63, 3.8) is 0 Å². The summed E-state index contributed by atoms with van der Waals surface area (Å²) in [6.45, 7) is 2.61. The summed E-state index contributed by atoms with van der Waals surface area (Å²) in [6, 6.07) is 0. The number of rotatable bonds is 2. The van der Waals surface area contributed by atoms with Crippen molar-refractivity contribution in [1.82, 2.24) is 4.90 Å². The van der Waals surface area contributed by atoms with Gasteiger partial charge in [0.2, 0.25) is 5.91 Å². The number of hydrogen-bond donors (Lipinski definition) is 0. The van der Waals surface area contributed by atoms with Crippen LogP contribution in [0.3, 0.4) is 0 Å². The Balaban J connectivity index is 1.91. The van der Waals surface area contributed by atoms with Crippen LogP contribution >= 0.6 is 0 Å². The second-order valence-corrected chi connectivity index (χ2v) is 3.79. The summed E-state index contributed by atoms with van der Waals surface area (Å²) in [6.07, 6.45) is 1.40. The van der Waals surface area contributed by atoms with Gasteiger partial charge in [-0.1, -0.05) is 0 Å². The molecular weight excluding hydrogens is 170 g/mol. The van der Waals surface area contributed by atoms with E-state index >= 15 is 0 Å². The Morgan fingerprint density at radius 3 is 3.15 bits per heavy atom. The minimum Gasteiger partial charge on any atom is -0.376 e. The standard InChI is InChI=1S/C9H15NO3/c1-12-6-9(11)10-3-7-2-8(4-10)13-5-7/h7-8H,2-6H2,1H3. The van der Waals surface area contributed by atoms with Crippen molar-refractivity contribution in [2.45, 2.75) is 12.5 Å². The molecule has 0 radical (unpaired) electrons. The van der Waals surface area contributed by atoms with Gasteiger partial charge in [-0.25, -0.2) is 0 Å². The third-order valence-electron chi connectivity index (χ3n) is 2.69. The molecule has 0 aromatic heterocycles. The molecule has 0 spiro atoms. The first kappa shape index (κ1) is 8.97. The van der Waals surface area contributed by atoms with Gasteiger partial charge in [-0.2, -0.15) is 0 Å². The molecular formula is C9H15NO3. The van der Waals surface area contributed by atoms with Crippen molar-refractivity contribution in [2.75, 3.05) is 33.4 Å². The summed E-state index contributed by atoms with van der Waals surface area (Å²) in [5.41, 5.74) is 0. The number of methoxy groups -OCH3 is 1. The van der Waals surface area contributed by atoms with Crippen LogP contribution in [0.5, 0.6) is 0 Å². The summed E-state index contributed by atoms with van der Waals surface area (Å²) in [5.74, 6) is 0.641. The molecule has 74 valence electrons. The fraction of sp³-hybridized carbons (Fsp3) is 0.889. The summed E-state index contributed by atoms with van der Waals surface area (Å²) >= 11 is 0. The highest BCUT2D eigenvalue weighted by molar-refractivity contribution is 5.77. The van der Waals surface area contributed by atoms with Gasteiger partial charge in [-0.05, 0) is 6.42 Å². The lowest BCUT2D eigenvalue weighted by Gasteiger charge is -2.29. The van der Waals surface area contributed by atoms with Crippen molar-refractivity contribution in [1.29, 1.82) is 0 Å². The van der Waals surface area contributed by atoms with E-state index < -0.39 is 0 Å². The van der Waals surface area contributed by atoms with Crippen molar-refractivity contribution < 1.29 is 14.3 Å². The molecule has 0 aromatic carbocycles. The first-order chi connectivity index (χ1) is 6.29. The highest BCUT2D eigenvalue weighted by Gasteiger charge is 2.35. The summed E-state index contributed by atoms with van der Waals surface area (Å²) in [4.78, 5) is 13.3. The fourth-order valence-electron chi connectivity index (χ4n) is 2.08. The van der Waals surface area contributed by atoms with Gasteiger partial charge < -0.3 is 14.4 Å². The normalized spacial score (nSPS) is 32.2. The number of likely N-dealkylation sites (tertiary alicyclic amines) is 1. The number of amides is 1. The molecule has 2 aliphatic rings. The molecule has 0 aliphatic carbocycles. The van der Waals surface area contributed by atoms with Crippen molar-refractivity contribution in [3.8, 4) is 0 Å². The highest BCUT2D eigenvalue weighted by Crippen LogP contribution is 2.26. The number of ether oxygens (including phenoxy) is 2. The molecule has 2 unspecified atom stereocenters. The molecule has 2 saturated heterocycles. The van der Waals surface area contributed by atoms with Gasteiger partial charge in [0.1, 0.15) is 6.61 Å². The predicted molar refractivity (Wildman–Crippen MR) is 46.3 cm³/mol. The van der Waals surface area contributed by atoms with Crippen molar-refractivity contribution in [2.24, 2.45) is 5.92 Å². The van der Waals surface area contributed by atoms with E-state index in [0.717, 1.165) is 26.1 Å². The zero-order chi connectivity index (χ0) is 9.26. The zero-order valence-corrected chi connectivity index (χ0v) is 7.86. The Bertz CT molecular complexity index is 195. The van der Waals surface area contributed by atoms with Gasteiger partial charge in [-0.3, -0.25) is 4.79 Å². The van der Waals surface area contributed by atoms with Crippen LogP contribution in [-0.2, 0) is 14.3 Å². The molecule has 2 heterocycles. The average Bonchev–Trinajstić information content (AvgIpc) is 2.46. The van der Waals surface area contributed by atoms with E-state index in [9.17, 15) is 4.79 Å². The van der Waals surface area contributed by atoms with E-state index in [1.54, 1.807) is 7.11 Å². The SMILES string of the molecule is COCC(=O)N1CC2COC(C2)C1. The molecule has 4 heteroatoms. The Labute approximate surface area is 77.8 Å².